The molecule has 7 heteroatoms. The Kier molecular flexibility index (Phi) is 4.19. The predicted molar refractivity (Wildman–Crippen MR) is 70.5 cm³/mol. The van der Waals surface area contributed by atoms with Gasteiger partial charge < -0.3 is 10.6 Å². The van der Waals surface area contributed by atoms with Crippen LogP contribution in [-0.2, 0) is 0 Å². The van der Waals surface area contributed by atoms with Crippen LogP contribution in [0.25, 0.3) is 0 Å². The molecular weight excluding hydrogens is 266 g/mol. The third kappa shape index (κ3) is 3.05. The van der Waals surface area contributed by atoms with Gasteiger partial charge in [-0.1, -0.05) is 6.07 Å². The summed E-state index contributed by atoms with van der Waals surface area (Å²) in [5.41, 5.74) is -0.233. The molecule has 20 heavy (non-hydrogen) atoms. The van der Waals surface area contributed by atoms with Gasteiger partial charge in [0.05, 0.1) is 18.1 Å². The molecule has 0 radical (unpaired) electrons. The van der Waals surface area contributed by atoms with E-state index >= 15 is 0 Å². The first-order valence-corrected chi connectivity index (χ1v) is 5.93. The maximum absolute atomic E-state index is 13.4. The van der Waals surface area contributed by atoms with Crippen LogP contribution in [-0.4, -0.2) is 22.4 Å². The third-order valence-corrected chi connectivity index (χ3v) is 2.44. The first kappa shape index (κ1) is 13.9. The van der Waals surface area contributed by atoms with Crippen LogP contribution < -0.4 is 10.6 Å². The fourth-order valence-electron chi connectivity index (χ4n) is 1.50. The maximum Gasteiger partial charge on any atom is 0.275 e. The van der Waals surface area contributed by atoms with Crippen molar-refractivity contribution in [1.82, 2.24) is 9.97 Å². The van der Waals surface area contributed by atoms with Crippen LogP contribution in [0.15, 0.2) is 30.6 Å². The lowest BCUT2D eigenvalue weighted by atomic mass is 10.3. The zero-order chi connectivity index (χ0) is 14.5. The Hall–Kier alpha value is -2.57. The van der Waals surface area contributed by atoms with Gasteiger partial charge in [-0.3, -0.25) is 4.79 Å². The molecule has 2 N–H and O–H groups in total. The first-order chi connectivity index (χ1) is 9.61. The minimum absolute atomic E-state index is 0.00955. The average Bonchev–Trinajstić information content (AvgIpc) is 2.45. The van der Waals surface area contributed by atoms with Gasteiger partial charge in [-0.2, -0.15) is 0 Å². The molecule has 0 saturated heterocycles. The quantitative estimate of drug-likeness (QED) is 0.901. The second kappa shape index (κ2) is 6.05. The minimum atomic E-state index is -1.11. The molecule has 0 spiro atoms. The van der Waals surface area contributed by atoms with Crippen molar-refractivity contribution in [3.63, 3.8) is 0 Å². The molecule has 1 heterocycles. The predicted octanol–water partition coefficient (Wildman–Crippen LogP) is 2.44. The largest absolute Gasteiger partial charge is 0.369 e. The highest BCUT2D eigenvalue weighted by molar-refractivity contribution is 6.02. The smallest absolute Gasteiger partial charge is 0.275 e. The summed E-state index contributed by atoms with van der Waals surface area (Å²) >= 11 is 0. The fourth-order valence-corrected chi connectivity index (χ4v) is 1.50. The van der Waals surface area contributed by atoms with E-state index in [4.69, 9.17) is 0 Å². The summed E-state index contributed by atoms with van der Waals surface area (Å²) in [6, 6.07) is 3.53. The molecule has 1 aromatic carbocycles. The Labute approximate surface area is 114 Å². The monoisotopic (exact) mass is 278 g/mol. The molecule has 2 rings (SSSR count). The molecule has 0 aliphatic rings. The Balaban J connectivity index is 2.13. The lowest BCUT2D eigenvalue weighted by Crippen LogP contribution is -2.15. The van der Waals surface area contributed by atoms with Gasteiger partial charge in [0.15, 0.2) is 11.6 Å². The third-order valence-electron chi connectivity index (χ3n) is 2.44. The highest BCUT2D eigenvalue weighted by Crippen LogP contribution is 2.17. The molecule has 0 aliphatic heterocycles. The fraction of sp³-hybridized carbons (Fsp3) is 0.154. The molecule has 104 valence electrons. The molecule has 0 atom stereocenters. The maximum atomic E-state index is 13.4. The van der Waals surface area contributed by atoms with E-state index < -0.39 is 17.5 Å². The van der Waals surface area contributed by atoms with Crippen LogP contribution in [0.4, 0.5) is 20.3 Å². The molecule has 0 unspecified atom stereocenters. The topological polar surface area (TPSA) is 66.9 Å². The minimum Gasteiger partial charge on any atom is -0.369 e. The van der Waals surface area contributed by atoms with Crippen LogP contribution in [0, 0.1) is 11.6 Å². The molecule has 1 aromatic heterocycles. The highest BCUT2D eigenvalue weighted by atomic mass is 19.2. The lowest BCUT2D eigenvalue weighted by molar-refractivity contribution is 0.102. The van der Waals surface area contributed by atoms with Crippen LogP contribution in [0.3, 0.4) is 0 Å². The standard InChI is InChI=1S/C13H12F2N4O/c1-2-16-11-7-17-10(6-18-11)13(20)19-9-5-3-4-8(14)12(9)15/h3-7H,2H2,1H3,(H,16,18)(H,19,20). The van der Waals surface area contributed by atoms with Gasteiger partial charge >= 0.3 is 0 Å². The van der Waals surface area contributed by atoms with Crippen LogP contribution in [0.5, 0.6) is 0 Å². The van der Waals surface area contributed by atoms with Gasteiger partial charge in [-0.15, -0.1) is 0 Å². The summed E-state index contributed by atoms with van der Waals surface area (Å²) in [4.78, 5) is 19.7. The van der Waals surface area contributed by atoms with Gasteiger partial charge in [0, 0.05) is 6.54 Å². The van der Waals surface area contributed by atoms with Crippen molar-refractivity contribution in [3.8, 4) is 0 Å². The highest BCUT2D eigenvalue weighted by Gasteiger charge is 2.13. The Morgan fingerprint density at radius 1 is 1.25 bits per heavy atom. The number of rotatable bonds is 4. The van der Waals surface area contributed by atoms with Crippen molar-refractivity contribution >= 4 is 17.4 Å². The molecule has 0 fully saturated rings. The van der Waals surface area contributed by atoms with E-state index in [9.17, 15) is 13.6 Å². The Bertz CT molecular complexity index is 616. The lowest BCUT2D eigenvalue weighted by Gasteiger charge is -2.06. The van der Waals surface area contributed by atoms with Gasteiger partial charge in [0.1, 0.15) is 11.5 Å². The van der Waals surface area contributed by atoms with Crippen molar-refractivity contribution in [1.29, 1.82) is 0 Å². The number of hydrogen-bond donors (Lipinski definition) is 2. The van der Waals surface area contributed by atoms with Crippen molar-refractivity contribution in [2.24, 2.45) is 0 Å². The number of halogens is 2. The van der Waals surface area contributed by atoms with Crippen LogP contribution in [0.1, 0.15) is 17.4 Å². The van der Waals surface area contributed by atoms with Gasteiger partial charge in [0.2, 0.25) is 0 Å². The molecule has 5 nitrogen and oxygen atoms in total. The SMILES string of the molecule is CCNc1cnc(C(=O)Nc2cccc(F)c2F)cn1. The number of nitrogens with one attached hydrogen (secondary N) is 2. The van der Waals surface area contributed by atoms with Gasteiger partial charge in [0.25, 0.3) is 5.91 Å². The van der Waals surface area contributed by atoms with E-state index in [1.54, 1.807) is 0 Å². The number of hydrogen-bond acceptors (Lipinski definition) is 4. The zero-order valence-corrected chi connectivity index (χ0v) is 10.7. The van der Waals surface area contributed by atoms with E-state index in [2.05, 4.69) is 20.6 Å². The molecule has 0 aliphatic carbocycles. The van der Waals surface area contributed by atoms with Crippen LogP contribution in [0.2, 0.25) is 0 Å². The summed E-state index contributed by atoms with van der Waals surface area (Å²) in [7, 11) is 0. The first-order valence-electron chi connectivity index (χ1n) is 5.93. The number of carbonyl (C=O) groups is 1. The average molecular weight is 278 g/mol. The number of amides is 1. The molecular formula is C13H12F2N4O. The molecule has 0 saturated carbocycles. The van der Waals surface area contributed by atoms with Crippen LogP contribution >= 0.6 is 0 Å². The van der Waals surface area contributed by atoms with E-state index in [1.165, 1.54) is 24.5 Å². The summed E-state index contributed by atoms with van der Waals surface area (Å²) in [5.74, 6) is -2.28. The molecule has 2 aromatic rings. The van der Waals surface area contributed by atoms with Crippen molar-refractivity contribution < 1.29 is 13.6 Å². The Morgan fingerprint density at radius 2 is 2.05 bits per heavy atom. The number of carbonyl (C=O) groups excluding carboxylic acids is 1. The zero-order valence-electron chi connectivity index (χ0n) is 10.7. The molecule has 0 bridgehead atoms. The summed E-state index contributed by atoms with van der Waals surface area (Å²) in [6.07, 6.45) is 2.64. The number of nitrogens with zero attached hydrogens (tertiary/aromatic N) is 2. The van der Waals surface area contributed by atoms with E-state index in [1.807, 2.05) is 6.92 Å². The summed E-state index contributed by atoms with van der Waals surface area (Å²) < 4.78 is 26.4. The van der Waals surface area contributed by atoms with Gasteiger partial charge in [-0.25, -0.2) is 18.7 Å². The second-order valence-electron chi connectivity index (χ2n) is 3.87. The second-order valence-corrected chi connectivity index (χ2v) is 3.87. The van der Waals surface area contributed by atoms with E-state index in [-0.39, 0.29) is 11.4 Å². The van der Waals surface area contributed by atoms with E-state index in [0.29, 0.717) is 12.4 Å². The normalized spacial score (nSPS) is 10.2. The number of anilines is 2. The summed E-state index contributed by atoms with van der Waals surface area (Å²) in [6.45, 7) is 2.57. The molecule has 1 amide bonds. The van der Waals surface area contributed by atoms with Crippen molar-refractivity contribution in [3.05, 3.63) is 47.9 Å². The van der Waals surface area contributed by atoms with Crippen molar-refractivity contribution in [2.45, 2.75) is 6.92 Å². The van der Waals surface area contributed by atoms with E-state index in [0.717, 1.165) is 6.07 Å². The Morgan fingerprint density at radius 3 is 2.70 bits per heavy atom. The number of benzene rings is 1. The summed E-state index contributed by atoms with van der Waals surface area (Å²) in [5, 5.41) is 5.17. The van der Waals surface area contributed by atoms with Crippen molar-refractivity contribution in [2.75, 3.05) is 17.2 Å². The van der Waals surface area contributed by atoms with Gasteiger partial charge in [-0.05, 0) is 19.1 Å². The number of aromatic nitrogens is 2.